The standard InChI is InChI=1S/C12H17ClN4O/c1-8(2)14-5-10-4-11(18-16-10)6-17-7-12(13)9(3)15-17/h4,7-8,14H,5-6H2,1-3H3. The highest BCUT2D eigenvalue weighted by molar-refractivity contribution is 6.31. The zero-order valence-electron chi connectivity index (χ0n) is 10.8. The van der Waals surface area contributed by atoms with E-state index in [0.29, 0.717) is 24.2 Å². The molecule has 0 aliphatic carbocycles. The molecule has 0 bridgehead atoms. The van der Waals surface area contributed by atoms with Crippen molar-refractivity contribution in [1.82, 2.24) is 20.3 Å². The molecule has 0 aliphatic rings. The fraction of sp³-hybridized carbons (Fsp3) is 0.500. The van der Waals surface area contributed by atoms with Crippen LogP contribution in [-0.2, 0) is 13.1 Å². The third-order valence-electron chi connectivity index (χ3n) is 2.50. The predicted octanol–water partition coefficient (Wildman–Crippen LogP) is 2.38. The summed E-state index contributed by atoms with van der Waals surface area (Å²) < 4.78 is 7.00. The number of nitrogens with one attached hydrogen (secondary N) is 1. The maximum absolute atomic E-state index is 5.95. The maximum Gasteiger partial charge on any atom is 0.158 e. The van der Waals surface area contributed by atoms with Gasteiger partial charge in [-0.3, -0.25) is 4.68 Å². The summed E-state index contributed by atoms with van der Waals surface area (Å²) in [6, 6.07) is 2.36. The monoisotopic (exact) mass is 268 g/mol. The van der Waals surface area contributed by atoms with Crippen LogP contribution < -0.4 is 5.32 Å². The van der Waals surface area contributed by atoms with E-state index in [1.165, 1.54) is 0 Å². The summed E-state index contributed by atoms with van der Waals surface area (Å²) in [6.45, 7) is 7.31. The summed E-state index contributed by atoms with van der Waals surface area (Å²) in [4.78, 5) is 0. The van der Waals surface area contributed by atoms with Crippen molar-refractivity contribution in [3.8, 4) is 0 Å². The molecule has 0 saturated heterocycles. The van der Waals surface area contributed by atoms with Crippen LogP contribution in [-0.4, -0.2) is 21.0 Å². The Labute approximate surface area is 111 Å². The minimum atomic E-state index is 0.428. The van der Waals surface area contributed by atoms with Crippen LogP contribution in [0.5, 0.6) is 0 Å². The van der Waals surface area contributed by atoms with Crippen LogP contribution in [0.2, 0.25) is 5.02 Å². The largest absolute Gasteiger partial charge is 0.359 e. The minimum Gasteiger partial charge on any atom is -0.359 e. The molecule has 1 N–H and O–H groups in total. The first-order valence-electron chi connectivity index (χ1n) is 5.92. The maximum atomic E-state index is 5.95. The fourth-order valence-corrected chi connectivity index (χ4v) is 1.71. The summed E-state index contributed by atoms with van der Waals surface area (Å²) in [5.41, 5.74) is 1.71. The van der Waals surface area contributed by atoms with Gasteiger partial charge >= 0.3 is 0 Å². The second-order valence-corrected chi connectivity index (χ2v) is 4.99. The highest BCUT2D eigenvalue weighted by Gasteiger charge is 2.08. The van der Waals surface area contributed by atoms with Crippen LogP contribution in [0, 0.1) is 6.92 Å². The molecule has 2 aromatic heterocycles. The average Bonchev–Trinajstić information content (AvgIpc) is 2.85. The molecule has 0 radical (unpaired) electrons. The zero-order chi connectivity index (χ0) is 13.1. The Balaban J connectivity index is 1.98. The normalized spacial score (nSPS) is 11.4. The molecule has 0 aromatic carbocycles. The van der Waals surface area contributed by atoms with Gasteiger partial charge in [-0.1, -0.05) is 30.6 Å². The number of nitrogens with zero attached hydrogens (tertiary/aromatic N) is 3. The molecule has 0 fully saturated rings. The van der Waals surface area contributed by atoms with Gasteiger partial charge in [0.15, 0.2) is 5.76 Å². The first-order valence-corrected chi connectivity index (χ1v) is 6.30. The van der Waals surface area contributed by atoms with E-state index in [2.05, 4.69) is 29.4 Å². The average molecular weight is 269 g/mol. The van der Waals surface area contributed by atoms with Crippen molar-refractivity contribution < 1.29 is 4.52 Å². The predicted molar refractivity (Wildman–Crippen MR) is 69.6 cm³/mol. The number of aryl methyl sites for hydroxylation is 1. The van der Waals surface area contributed by atoms with E-state index in [0.717, 1.165) is 17.1 Å². The van der Waals surface area contributed by atoms with Gasteiger partial charge in [0.25, 0.3) is 0 Å². The Bertz CT molecular complexity index is 498. The van der Waals surface area contributed by atoms with Gasteiger partial charge in [0.1, 0.15) is 6.54 Å². The van der Waals surface area contributed by atoms with Gasteiger partial charge in [-0.2, -0.15) is 5.10 Å². The van der Waals surface area contributed by atoms with Crippen LogP contribution in [0.1, 0.15) is 31.0 Å². The molecule has 0 atom stereocenters. The molecule has 6 heteroatoms. The van der Waals surface area contributed by atoms with Crippen molar-refractivity contribution in [2.24, 2.45) is 0 Å². The number of halogens is 1. The topological polar surface area (TPSA) is 55.9 Å². The van der Waals surface area contributed by atoms with Gasteiger partial charge in [0.2, 0.25) is 0 Å². The second-order valence-electron chi connectivity index (χ2n) is 4.58. The third kappa shape index (κ3) is 3.34. The Kier molecular flexibility index (Phi) is 4.04. The Morgan fingerprint density at radius 2 is 2.28 bits per heavy atom. The number of hydrogen-bond acceptors (Lipinski definition) is 4. The zero-order valence-corrected chi connectivity index (χ0v) is 11.5. The summed E-state index contributed by atoms with van der Waals surface area (Å²) in [5.74, 6) is 0.773. The van der Waals surface area contributed by atoms with Crippen molar-refractivity contribution in [1.29, 1.82) is 0 Å². The molecule has 2 aromatic rings. The fourth-order valence-electron chi connectivity index (χ4n) is 1.56. The molecular weight excluding hydrogens is 252 g/mol. The summed E-state index contributed by atoms with van der Waals surface area (Å²) >= 11 is 5.95. The molecular formula is C12H17ClN4O. The highest BCUT2D eigenvalue weighted by atomic mass is 35.5. The van der Waals surface area contributed by atoms with E-state index in [1.54, 1.807) is 10.9 Å². The molecule has 0 saturated carbocycles. The summed E-state index contributed by atoms with van der Waals surface area (Å²) in [5, 5.41) is 12.2. The van der Waals surface area contributed by atoms with Crippen LogP contribution in [0.25, 0.3) is 0 Å². The number of aromatic nitrogens is 3. The second kappa shape index (κ2) is 5.54. The van der Waals surface area contributed by atoms with Gasteiger partial charge in [-0.15, -0.1) is 0 Å². The number of rotatable bonds is 5. The molecule has 0 spiro atoms. The molecule has 0 unspecified atom stereocenters. The smallest absolute Gasteiger partial charge is 0.158 e. The van der Waals surface area contributed by atoms with Crippen LogP contribution in [0.4, 0.5) is 0 Å². The third-order valence-corrected chi connectivity index (χ3v) is 2.87. The molecule has 5 nitrogen and oxygen atoms in total. The van der Waals surface area contributed by atoms with Crippen molar-refractivity contribution in [2.75, 3.05) is 0 Å². The van der Waals surface area contributed by atoms with E-state index in [9.17, 15) is 0 Å². The first-order chi connectivity index (χ1) is 8.54. The number of hydrogen-bond donors (Lipinski definition) is 1. The van der Waals surface area contributed by atoms with Gasteiger partial charge < -0.3 is 9.84 Å². The van der Waals surface area contributed by atoms with Gasteiger partial charge in [0.05, 0.1) is 16.4 Å². The molecule has 0 aliphatic heterocycles. The van der Waals surface area contributed by atoms with E-state index >= 15 is 0 Å². The Morgan fingerprint density at radius 1 is 1.50 bits per heavy atom. The van der Waals surface area contributed by atoms with E-state index in [-0.39, 0.29) is 0 Å². The van der Waals surface area contributed by atoms with Crippen LogP contribution in [0.15, 0.2) is 16.8 Å². The van der Waals surface area contributed by atoms with Crippen LogP contribution >= 0.6 is 11.6 Å². The van der Waals surface area contributed by atoms with E-state index in [1.807, 2.05) is 13.0 Å². The first kappa shape index (κ1) is 13.1. The van der Waals surface area contributed by atoms with E-state index < -0.39 is 0 Å². The molecule has 0 amide bonds. The lowest BCUT2D eigenvalue weighted by Crippen LogP contribution is -2.21. The van der Waals surface area contributed by atoms with Gasteiger partial charge in [-0.05, 0) is 6.92 Å². The lowest BCUT2D eigenvalue weighted by atomic mass is 10.3. The summed E-state index contributed by atoms with van der Waals surface area (Å²) in [7, 11) is 0. The lowest BCUT2D eigenvalue weighted by molar-refractivity contribution is 0.363. The van der Waals surface area contributed by atoms with Crippen LogP contribution in [0.3, 0.4) is 0 Å². The molecule has 2 heterocycles. The molecule has 18 heavy (non-hydrogen) atoms. The van der Waals surface area contributed by atoms with Gasteiger partial charge in [-0.25, -0.2) is 0 Å². The molecule has 98 valence electrons. The van der Waals surface area contributed by atoms with Crippen molar-refractivity contribution in [3.63, 3.8) is 0 Å². The van der Waals surface area contributed by atoms with E-state index in [4.69, 9.17) is 16.1 Å². The minimum absolute atomic E-state index is 0.428. The van der Waals surface area contributed by atoms with Gasteiger partial charge in [0, 0.05) is 24.8 Å². The van der Waals surface area contributed by atoms with Crippen molar-refractivity contribution in [3.05, 3.63) is 34.4 Å². The molecule has 2 rings (SSSR count). The summed E-state index contributed by atoms with van der Waals surface area (Å²) in [6.07, 6.45) is 1.78. The lowest BCUT2D eigenvalue weighted by Gasteiger charge is -2.03. The van der Waals surface area contributed by atoms with Crippen molar-refractivity contribution in [2.45, 2.75) is 39.9 Å². The Hall–Kier alpha value is -1.33. The quantitative estimate of drug-likeness (QED) is 0.905. The van der Waals surface area contributed by atoms with Crippen molar-refractivity contribution >= 4 is 11.6 Å². The highest BCUT2D eigenvalue weighted by Crippen LogP contribution is 2.13. The Morgan fingerprint density at radius 3 is 2.89 bits per heavy atom. The SMILES string of the molecule is Cc1nn(Cc2cc(CNC(C)C)no2)cc1Cl.